The molecule has 0 saturated heterocycles. The van der Waals surface area contributed by atoms with Crippen molar-refractivity contribution in [3.8, 4) is 28.5 Å². The number of carbonyl (C=O) groups excluding carboxylic acids is 1. The molecular formula is C26H22ClN7O3. The summed E-state index contributed by atoms with van der Waals surface area (Å²) in [7, 11) is 0. The fourth-order valence-corrected chi connectivity index (χ4v) is 3.67. The standard InChI is InChI=1S/C26H22ClN7O3/c1-16(35)15-30-26-29-11-10-23(32-26)34-13-12-28-24(34)18-4-8-20(9-5-18)31-25(36)21-14-22(37-33-21)17-2-6-19(27)7-3-17/h2-14,16,35H,15H2,1H3,(H,31,36)(H,29,30,32)/t16-/m0/s1. The van der Waals surface area contributed by atoms with Gasteiger partial charge >= 0.3 is 0 Å². The Morgan fingerprint density at radius 1 is 1.05 bits per heavy atom. The Labute approximate surface area is 217 Å². The summed E-state index contributed by atoms with van der Waals surface area (Å²) in [4.78, 5) is 25.8. The van der Waals surface area contributed by atoms with Crippen LogP contribution in [0.2, 0.25) is 5.02 Å². The van der Waals surface area contributed by atoms with E-state index in [1.807, 2.05) is 16.7 Å². The van der Waals surface area contributed by atoms with Gasteiger partial charge in [-0.2, -0.15) is 4.98 Å². The normalized spacial score (nSPS) is 11.8. The first kappa shape index (κ1) is 24.2. The molecule has 0 radical (unpaired) electrons. The first-order chi connectivity index (χ1) is 18.0. The number of aliphatic hydroxyl groups is 1. The summed E-state index contributed by atoms with van der Waals surface area (Å²) in [5, 5.41) is 19.8. The minimum Gasteiger partial charge on any atom is -0.392 e. The molecule has 37 heavy (non-hydrogen) atoms. The number of amides is 1. The summed E-state index contributed by atoms with van der Waals surface area (Å²) in [6.45, 7) is 2.02. The van der Waals surface area contributed by atoms with Crippen LogP contribution in [0.4, 0.5) is 11.6 Å². The Bertz CT molecular complexity index is 1510. The Morgan fingerprint density at radius 2 is 1.81 bits per heavy atom. The van der Waals surface area contributed by atoms with E-state index >= 15 is 0 Å². The smallest absolute Gasteiger partial charge is 0.277 e. The summed E-state index contributed by atoms with van der Waals surface area (Å²) in [5.74, 6) is 1.77. The lowest BCUT2D eigenvalue weighted by molar-refractivity contribution is 0.101. The van der Waals surface area contributed by atoms with Crippen LogP contribution in [0.15, 0.2) is 83.8 Å². The lowest BCUT2D eigenvalue weighted by atomic mass is 10.1. The zero-order chi connectivity index (χ0) is 25.8. The van der Waals surface area contributed by atoms with Crippen molar-refractivity contribution in [1.82, 2.24) is 24.7 Å². The molecule has 2 aromatic carbocycles. The van der Waals surface area contributed by atoms with Gasteiger partial charge in [-0.05, 0) is 61.5 Å². The Balaban J connectivity index is 1.29. The minimum atomic E-state index is -0.523. The molecule has 5 rings (SSSR count). The molecule has 0 fully saturated rings. The van der Waals surface area contributed by atoms with Crippen molar-refractivity contribution in [2.75, 3.05) is 17.2 Å². The van der Waals surface area contributed by atoms with Crippen LogP contribution >= 0.6 is 11.6 Å². The lowest BCUT2D eigenvalue weighted by Crippen LogP contribution is -2.17. The summed E-state index contributed by atoms with van der Waals surface area (Å²) >= 11 is 5.92. The van der Waals surface area contributed by atoms with Crippen LogP contribution in [-0.2, 0) is 0 Å². The van der Waals surface area contributed by atoms with E-state index in [2.05, 4.69) is 30.7 Å². The molecule has 11 heteroatoms. The van der Waals surface area contributed by atoms with E-state index < -0.39 is 12.0 Å². The molecule has 0 bridgehead atoms. The predicted molar refractivity (Wildman–Crippen MR) is 140 cm³/mol. The highest BCUT2D eigenvalue weighted by atomic mass is 35.5. The molecule has 0 aliphatic carbocycles. The number of nitrogens with one attached hydrogen (secondary N) is 2. The number of hydrogen-bond acceptors (Lipinski definition) is 8. The van der Waals surface area contributed by atoms with Crippen molar-refractivity contribution in [1.29, 1.82) is 0 Å². The van der Waals surface area contributed by atoms with E-state index in [1.165, 1.54) is 0 Å². The van der Waals surface area contributed by atoms with Crippen LogP contribution in [0.25, 0.3) is 28.5 Å². The molecular weight excluding hydrogens is 494 g/mol. The third kappa shape index (κ3) is 5.66. The number of anilines is 2. The van der Waals surface area contributed by atoms with E-state index in [-0.39, 0.29) is 5.69 Å². The Morgan fingerprint density at radius 3 is 2.57 bits per heavy atom. The van der Waals surface area contributed by atoms with Crippen LogP contribution in [0.5, 0.6) is 0 Å². The molecule has 186 valence electrons. The first-order valence-electron chi connectivity index (χ1n) is 11.4. The van der Waals surface area contributed by atoms with Gasteiger partial charge < -0.3 is 20.3 Å². The monoisotopic (exact) mass is 515 g/mol. The van der Waals surface area contributed by atoms with Gasteiger partial charge in [-0.3, -0.25) is 9.36 Å². The largest absolute Gasteiger partial charge is 0.392 e. The van der Waals surface area contributed by atoms with E-state index in [1.54, 1.807) is 74.0 Å². The van der Waals surface area contributed by atoms with Crippen LogP contribution in [0.1, 0.15) is 17.4 Å². The van der Waals surface area contributed by atoms with Gasteiger partial charge in [-0.25, -0.2) is 9.97 Å². The van der Waals surface area contributed by atoms with Crippen LogP contribution < -0.4 is 10.6 Å². The zero-order valence-electron chi connectivity index (χ0n) is 19.7. The average Bonchev–Trinajstić information content (AvgIpc) is 3.59. The number of rotatable bonds is 8. The number of imidazole rings is 1. The molecule has 0 aliphatic rings. The number of nitrogens with zero attached hydrogens (tertiary/aromatic N) is 5. The molecule has 0 spiro atoms. The van der Waals surface area contributed by atoms with Crippen molar-refractivity contribution >= 4 is 29.1 Å². The second-order valence-corrected chi connectivity index (χ2v) is 8.64. The molecule has 1 atom stereocenters. The number of carbonyl (C=O) groups is 1. The lowest BCUT2D eigenvalue weighted by Gasteiger charge is -2.11. The second-order valence-electron chi connectivity index (χ2n) is 8.20. The van der Waals surface area contributed by atoms with Gasteiger partial charge in [0.25, 0.3) is 5.91 Å². The summed E-state index contributed by atoms with van der Waals surface area (Å²) in [5.41, 5.74) is 2.35. The molecule has 3 aromatic heterocycles. The number of halogens is 1. The van der Waals surface area contributed by atoms with Crippen LogP contribution in [0.3, 0.4) is 0 Å². The maximum Gasteiger partial charge on any atom is 0.277 e. The van der Waals surface area contributed by atoms with Gasteiger partial charge in [0.1, 0.15) is 11.6 Å². The molecule has 0 aliphatic heterocycles. The SMILES string of the molecule is C[C@H](O)CNc1nccc(-n2ccnc2-c2ccc(NC(=O)c3cc(-c4ccc(Cl)cc4)on3)cc2)n1. The van der Waals surface area contributed by atoms with E-state index in [4.69, 9.17) is 16.1 Å². The quantitative estimate of drug-likeness (QED) is 0.271. The summed E-state index contributed by atoms with van der Waals surface area (Å²) in [6.07, 6.45) is 4.59. The van der Waals surface area contributed by atoms with Crippen molar-refractivity contribution < 1.29 is 14.4 Å². The molecule has 3 heterocycles. The molecule has 10 nitrogen and oxygen atoms in total. The van der Waals surface area contributed by atoms with Crippen molar-refractivity contribution in [2.45, 2.75) is 13.0 Å². The van der Waals surface area contributed by atoms with E-state index in [0.29, 0.717) is 40.6 Å². The number of aromatic nitrogens is 5. The highest BCUT2D eigenvalue weighted by Crippen LogP contribution is 2.25. The Hall–Kier alpha value is -4.54. The highest BCUT2D eigenvalue weighted by molar-refractivity contribution is 6.30. The third-order valence-electron chi connectivity index (χ3n) is 5.36. The molecule has 0 unspecified atom stereocenters. The Kier molecular flexibility index (Phi) is 6.93. The number of benzene rings is 2. The van der Waals surface area contributed by atoms with Gasteiger partial charge in [-0.1, -0.05) is 16.8 Å². The maximum atomic E-state index is 12.7. The van der Waals surface area contributed by atoms with E-state index in [0.717, 1.165) is 11.1 Å². The molecule has 3 N–H and O–H groups in total. The maximum absolute atomic E-state index is 12.7. The molecule has 0 saturated carbocycles. The summed E-state index contributed by atoms with van der Waals surface area (Å²) in [6, 6.07) is 17.7. The predicted octanol–water partition coefficient (Wildman–Crippen LogP) is 4.68. The highest BCUT2D eigenvalue weighted by Gasteiger charge is 2.15. The second kappa shape index (κ2) is 10.6. The van der Waals surface area contributed by atoms with Gasteiger partial charge in [0.15, 0.2) is 11.5 Å². The fraction of sp³-hybridized carbons (Fsp3) is 0.115. The molecule has 5 aromatic rings. The van der Waals surface area contributed by atoms with Gasteiger partial charge in [0.05, 0.1) is 6.10 Å². The van der Waals surface area contributed by atoms with E-state index in [9.17, 15) is 9.90 Å². The topological polar surface area (TPSA) is 131 Å². The van der Waals surface area contributed by atoms with Crippen molar-refractivity contribution in [2.24, 2.45) is 0 Å². The fourth-order valence-electron chi connectivity index (χ4n) is 3.54. The number of aliphatic hydroxyl groups excluding tert-OH is 1. The average molecular weight is 516 g/mol. The van der Waals surface area contributed by atoms with Gasteiger partial charge in [0, 0.05) is 53.0 Å². The van der Waals surface area contributed by atoms with Crippen LogP contribution in [-0.4, -0.2) is 48.3 Å². The van der Waals surface area contributed by atoms with Crippen molar-refractivity contribution in [3.05, 3.63) is 90.0 Å². The van der Waals surface area contributed by atoms with Crippen molar-refractivity contribution in [3.63, 3.8) is 0 Å². The van der Waals surface area contributed by atoms with Crippen LogP contribution in [0, 0.1) is 0 Å². The first-order valence-corrected chi connectivity index (χ1v) is 11.8. The minimum absolute atomic E-state index is 0.160. The molecule has 1 amide bonds. The third-order valence-corrected chi connectivity index (χ3v) is 5.61. The van der Waals surface area contributed by atoms with Gasteiger partial charge in [0.2, 0.25) is 5.95 Å². The number of hydrogen-bond donors (Lipinski definition) is 3. The zero-order valence-corrected chi connectivity index (χ0v) is 20.4. The van der Waals surface area contributed by atoms with Gasteiger partial charge in [-0.15, -0.1) is 0 Å². The summed E-state index contributed by atoms with van der Waals surface area (Å²) < 4.78 is 7.15.